The van der Waals surface area contributed by atoms with E-state index in [2.05, 4.69) is 30.1 Å². The van der Waals surface area contributed by atoms with E-state index in [0.717, 1.165) is 17.1 Å². The maximum Gasteiger partial charge on any atom is 0.276 e. The number of aromatic nitrogens is 2. The van der Waals surface area contributed by atoms with Crippen LogP contribution in [0.15, 0.2) is 58.2 Å². The van der Waals surface area contributed by atoms with Crippen molar-refractivity contribution < 1.29 is 9.15 Å². The van der Waals surface area contributed by atoms with Crippen LogP contribution in [0.4, 0.5) is 0 Å². The third kappa shape index (κ3) is 4.36. The van der Waals surface area contributed by atoms with Crippen molar-refractivity contribution in [2.45, 2.75) is 19.1 Å². The van der Waals surface area contributed by atoms with Crippen LogP contribution < -0.4 is 4.74 Å². The van der Waals surface area contributed by atoms with Gasteiger partial charge < -0.3 is 9.15 Å². The number of aryl methyl sites for hydroxylation is 2. The predicted molar refractivity (Wildman–Crippen MR) is 91.9 cm³/mol. The Morgan fingerprint density at radius 3 is 2.48 bits per heavy atom. The van der Waals surface area contributed by atoms with E-state index in [4.69, 9.17) is 9.15 Å². The van der Waals surface area contributed by atoms with E-state index in [1.165, 1.54) is 22.9 Å². The second kappa shape index (κ2) is 7.33. The fraction of sp³-hybridized carbons (Fsp3) is 0.222. The lowest BCUT2D eigenvalue weighted by Crippen LogP contribution is -1.99. The molecule has 0 atom stereocenters. The SMILES string of the molecule is Cc1cc(C)cc(-c2nnc(SCCOc3ccccc3)o2)c1. The molecule has 0 bridgehead atoms. The Morgan fingerprint density at radius 1 is 1.00 bits per heavy atom. The van der Waals surface area contributed by atoms with Crippen LogP contribution >= 0.6 is 11.8 Å². The molecule has 1 aromatic heterocycles. The molecule has 0 aliphatic carbocycles. The predicted octanol–water partition coefficient (Wildman–Crippen LogP) is 4.52. The molecule has 0 saturated carbocycles. The molecule has 0 N–H and O–H groups in total. The average Bonchev–Trinajstić information content (AvgIpc) is 3.01. The lowest BCUT2D eigenvalue weighted by molar-refractivity contribution is 0.343. The van der Waals surface area contributed by atoms with E-state index >= 15 is 0 Å². The largest absolute Gasteiger partial charge is 0.493 e. The lowest BCUT2D eigenvalue weighted by Gasteiger charge is -2.03. The Morgan fingerprint density at radius 2 is 1.74 bits per heavy atom. The van der Waals surface area contributed by atoms with Gasteiger partial charge in [0.15, 0.2) is 0 Å². The highest BCUT2D eigenvalue weighted by atomic mass is 32.2. The number of hydrogen-bond acceptors (Lipinski definition) is 5. The van der Waals surface area contributed by atoms with Crippen LogP contribution in [0.3, 0.4) is 0 Å². The normalized spacial score (nSPS) is 10.7. The molecule has 3 aromatic rings. The molecule has 0 aliphatic heterocycles. The molecule has 0 amide bonds. The van der Waals surface area contributed by atoms with Gasteiger partial charge in [-0.25, -0.2) is 0 Å². The zero-order valence-electron chi connectivity index (χ0n) is 13.2. The molecule has 4 nitrogen and oxygen atoms in total. The van der Waals surface area contributed by atoms with Crippen LogP contribution in [-0.4, -0.2) is 22.6 Å². The number of nitrogens with zero attached hydrogens (tertiary/aromatic N) is 2. The summed E-state index contributed by atoms with van der Waals surface area (Å²) >= 11 is 1.50. The number of benzene rings is 2. The van der Waals surface area contributed by atoms with Gasteiger partial charge in [0.1, 0.15) is 5.75 Å². The third-order valence-corrected chi connectivity index (χ3v) is 3.98. The van der Waals surface area contributed by atoms with Crippen LogP contribution in [0.1, 0.15) is 11.1 Å². The van der Waals surface area contributed by atoms with E-state index in [-0.39, 0.29) is 0 Å². The molecule has 5 heteroatoms. The summed E-state index contributed by atoms with van der Waals surface area (Å²) in [5.74, 6) is 2.18. The highest BCUT2D eigenvalue weighted by molar-refractivity contribution is 7.99. The minimum absolute atomic E-state index is 0.559. The Balaban J connectivity index is 1.55. The first-order valence-corrected chi connectivity index (χ1v) is 8.42. The topological polar surface area (TPSA) is 48.2 Å². The zero-order chi connectivity index (χ0) is 16.1. The Kier molecular flexibility index (Phi) is 4.98. The molecule has 3 rings (SSSR count). The fourth-order valence-corrected chi connectivity index (χ4v) is 2.87. The van der Waals surface area contributed by atoms with Crippen molar-refractivity contribution in [3.63, 3.8) is 0 Å². The van der Waals surface area contributed by atoms with Gasteiger partial charge in [-0.3, -0.25) is 0 Å². The van der Waals surface area contributed by atoms with Crippen molar-refractivity contribution in [1.82, 2.24) is 10.2 Å². The second-order valence-corrected chi connectivity index (χ2v) is 6.31. The van der Waals surface area contributed by atoms with Gasteiger partial charge in [0.2, 0.25) is 5.89 Å². The van der Waals surface area contributed by atoms with Gasteiger partial charge in [0, 0.05) is 11.3 Å². The van der Waals surface area contributed by atoms with Crippen molar-refractivity contribution >= 4 is 11.8 Å². The van der Waals surface area contributed by atoms with E-state index in [1.54, 1.807) is 0 Å². The van der Waals surface area contributed by atoms with Crippen molar-refractivity contribution in [2.24, 2.45) is 0 Å². The summed E-state index contributed by atoms with van der Waals surface area (Å²) in [5.41, 5.74) is 3.33. The summed E-state index contributed by atoms with van der Waals surface area (Å²) in [6, 6.07) is 16.0. The zero-order valence-corrected chi connectivity index (χ0v) is 14.0. The van der Waals surface area contributed by atoms with Crippen LogP contribution in [0, 0.1) is 13.8 Å². The number of thioether (sulfide) groups is 1. The average molecular weight is 326 g/mol. The Labute approximate surface area is 139 Å². The first-order chi connectivity index (χ1) is 11.2. The summed E-state index contributed by atoms with van der Waals surface area (Å²) in [4.78, 5) is 0. The molecule has 118 valence electrons. The molecule has 0 fully saturated rings. The minimum atomic E-state index is 0.559. The van der Waals surface area contributed by atoms with Gasteiger partial charge in [-0.15, -0.1) is 10.2 Å². The molecule has 0 spiro atoms. The van der Waals surface area contributed by atoms with Gasteiger partial charge in [-0.05, 0) is 38.1 Å². The van der Waals surface area contributed by atoms with Gasteiger partial charge in [-0.1, -0.05) is 47.2 Å². The number of rotatable bonds is 6. The highest BCUT2D eigenvalue weighted by Gasteiger charge is 2.10. The highest BCUT2D eigenvalue weighted by Crippen LogP contribution is 2.24. The summed E-state index contributed by atoms with van der Waals surface area (Å²) in [6.45, 7) is 4.71. The summed E-state index contributed by atoms with van der Waals surface area (Å²) < 4.78 is 11.4. The lowest BCUT2D eigenvalue weighted by atomic mass is 10.1. The third-order valence-electron chi connectivity index (χ3n) is 3.20. The summed E-state index contributed by atoms with van der Waals surface area (Å²) in [6.07, 6.45) is 0. The first kappa shape index (κ1) is 15.6. The monoisotopic (exact) mass is 326 g/mol. The minimum Gasteiger partial charge on any atom is -0.493 e. The smallest absolute Gasteiger partial charge is 0.276 e. The molecule has 0 saturated heterocycles. The second-order valence-electron chi connectivity index (χ2n) is 5.26. The van der Waals surface area contributed by atoms with Gasteiger partial charge >= 0.3 is 0 Å². The van der Waals surface area contributed by atoms with Gasteiger partial charge in [-0.2, -0.15) is 0 Å². The molecule has 0 radical (unpaired) electrons. The molecule has 23 heavy (non-hydrogen) atoms. The van der Waals surface area contributed by atoms with Crippen molar-refractivity contribution in [3.05, 3.63) is 59.7 Å². The Hall–Kier alpha value is -2.27. The standard InChI is InChI=1S/C18H18N2O2S/c1-13-10-14(2)12-15(11-13)17-19-20-18(22-17)23-9-8-21-16-6-4-3-5-7-16/h3-7,10-12H,8-9H2,1-2H3. The fourth-order valence-electron chi connectivity index (χ4n) is 2.29. The summed E-state index contributed by atoms with van der Waals surface area (Å²) in [7, 11) is 0. The van der Waals surface area contributed by atoms with E-state index in [9.17, 15) is 0 Å². The molecular formula is C18H18N2O2S. The van der Waals surface area contributed by atoms with E-state index < -0.39 is 0 Å². The van der Waals surface area contributed by atoms with Crippen LogP contribution in [0.25, 0.3) is 11.5 Å². The molecule has 2 aromatic carbocycles. The molecule has 0 unspecified atom stereocenters. The molecule has 1 heterocycles. The number of ether oxygens (including phenoxy) is 1. The van der Waals surface area contributed by atoms with E-state index in [1.807, 2.05) is 42.5 Å². The van der Waals surface area contributed by atoms with Crippen LogP contribution in [0.2, 0.25) is 0 Å². The number of para-hydroxylation sites is 1. The maximum atomic E-state index is 5.72. The maximum absolute atomic E-state index is 5.72. The van der Waals surface area contributed by atoms with Gasteiger partial charge in [0.25, 0.3) is 5.22 Å². The van der Waals surface area contributed by atoms with Crippen molar-refractivity contribution in [3.8, 4) is 17.2 Å². The van der Waals surface area contributed by atoms with Crippen LogP contribution in [0.5, 0.6) is 5.75 Å². The summed E-state index contributed by atoms with van der Waals surface area (Å²) in [5, 5.41) is 8.78. The first-order valence-electron chi connectivity index (χ1n) is 7.43. The quantitative estimate of drug-likeness (QED) is 0.492. The molecular weight excluding hydrogens is 308 g/mol. The van der Waals surface area contributed by atoms with E-state index in [0.29, 0.717) is 17.7 Å². The van der Waals surface area contributed by atoms with Crippen molar-refractivity contribution in [1.29, 1.82) is 0 Å². The molecule has 0 aliphatic rings. The number of hydrogen-bond donors (Lipinski definition) is 0. The Bertz CT molecular complexity index is 751. The van der Waals surface area contributed by atoms with Gasteiger partial charge in [0.05, 0.1) is 6.61 Å². The van der Waals surface area contributed by atoms with Crippen LogP contribution in [-0.2, 0) is 0 Å². The van der Waals surface area contributed by atoms with Crippen molar-refractivity contribution in [2.75, 3.05) is 12.4 Å².